The zero-order chi connectivity index (χ0) is 24.7. The monoisotopic (exact) mass is 465 g/mol. The second-order valence-electron chi connectivity index (χ2n) is 9.61. The van der Waals surface area contributed by atoms with Gasteiger partial charge in [0.05, 0.1) is 10.5 Å². The maximum atomic E-state index is 12.9. The zero-order valence-electron chi connectivity index (χ0n) is 18.8. The molecule has 172 valence electrons. The molecule has 0 radical (unpaired) electrons. The highest BCUT2D eigenvalue weighted by atomic mass is 32.2. The second kappa shape index (κ2) is 8.28. The Bertz CT molecular complexity index is 1150. The predicted octanol–water partition coefficient (Wildman–Crippen LogP) is 6.34. The minimum Gasteiger partial charge on any atom is -0.507 e. The molecule has 0 heterocycles. The predicted molar refractivity (Wildman–Crippen MR) is 118 cm³/mol. The second-order valence-corrected chi connectivity index (χ2v) is 11.5. The maximum Gasteiger partial charge on any atom is 0.416 e. The molecule has 0 aliphatic carbocycles. The van der Waals surface area contributed by atoms with Crippen LogP contribution in [-0.2, 0) is 26.8 Å². The third-order valence-corrected chi connectivity index (χ3v) is 6.62. The fourth-order valence-electron chi connectivity index (χ4n) is 3.15. The van der Waals surface area contributed by atoms with Gasteiger partial charge in [0, 0.05) is 11.1 Å². The van der Waals surface area contributed by atoms with Gasteiger partial charge < -0.3 is 5.11 Å². The van der Waals surface area contributed by atoms with Crippen molar-refractivity contribution in [2.75, 3.05) is 0 Å². The molecule has 4 nitrogen and oxygen atoms in total. The molecule has 0 unspecified atom stereocenters. The summed E-state index contributed by atoms with van der Waals surface area (Å²) in [7, 11) is -4.35. The van der Waals surface area contributed by atoms with Crippen LogP contribution in [-0.4, -0.2) is 13.5 Å². The van der Waals surface area contributed by atoms with Crippen LogP contribution in [0, 0.1) is 11.3 Å². The number of hydrogen-bond donors (Lipinski definition) is 1. The molecular formula is C24H26F3NO3S. The highest BCUT2D eigenvalue weighted by molar-refractivity contribution is 7.95. The van der Waals surface area contributed by atoms with Gasteiger partial charge in [-0.3, -0.25) is 0 Å². The standard InChI is InChI=1S/C24H26F3NO3S/c1-22(2,3)19-12-15(13-20(21(19)29)23(4,5)6)11-18(14-28)32(30,31)17-9-7-16(8-10-17)24(25,26)27/h7-13,29H,1-6H3. The van der Waals surface area contributed by atoms with E-state index in [1.807, 2.05) is 41.5 Å². The number of nitriles is 1. The van der Waals surface area contributed by atoms with Crippen molar-refractivity contribution in [2.24, 2.45) is 0 Å². The van der Waals surface area contributed by atoms with Gasteiger partial charge in [-0.25, -0.2) is 8.42 Å². The largest absolute Gasteiger partial charge is 0.507 e. The first-order valence-electron chi connectivity index (χ1n) is 9.81. The third-order valence-electron chi connectivity index (χ3n) is 4.94. The first-order chi connectivity index (χ1) is 14.4. The van der Waals surface area contributed by atoms with E-state index >= 15 is 0 Å². The number of benzene rings is 2. The molecule has 0 aliphatic rings. The Kier molecular flexibility index (Phi) is 6.59. The van der Waals surface area contributed by atoms with Crippen molar-refractivity contribution in [3.63, 3.8) is 0 Å². The highest BCUT2D eigenvalue weighted by Crippen LogP contribution is 2.40. The quantitative estimate of drug-likeness (QED) is 0.536. The van der Waals surface area contributed by atoms with E-state index in [9.17, 15) is 32.0 Å². The van der Waals surface area contributed by atoms with Gasteiger partial charge in [0.2, 0.25) is 9.84 Å². The zero-order valence-corrected chi connectivity index (χ0v) is 19.6. The number of halogens is 3. The van der Waals surface area contributed by atoms with Crippen LogP contribution in [0.4, 0.5) is 13.2 Å². The fraction of sp³-hybridized carbons (Fsp3) is 0.375. The Labute approximate surface area is 186 Å². The van der Waals surface area contributed by atoms with Gasteiger partial charge in [-0.15, -0.1) is 0 Å². The van der Waals surface area contributed by atoms with Gasteiger partial charge in [0.25, 0.3) is 0 Å². The molecule has 0 aromatic heterocycles. The first kappa shape index (κ1) is 25.5. The van der Waals surface area contributed by atoms with Crippen molar-refractivity contribution in [3.8, 4) is 11.8 Å². The van der Waals surface area contributed by atoms with Gasteiger partial charge in [-0.05, 0) is 58.9 Å². The Morgan fingerprint density at radius 2 is 1.38 bits per heavy atom. The lowest BCUT2D eigenvalue weighted by Crippen LogP contribution is -2.17. The van der Waals surface area contributed by atoms with Crippen molar-refractivity contribution in [2.45, 2.75) is 63.4 Å². The fourth-order valence-corrected chi connectivity index (χ4v) is 4.31. The van der Waals surface area contributed by atoms with Gasteiger partial charge in [-0.1, -0.05) is 41.5 Å². The minimum atomic E-state index is -4.60. The normalized spacial score (nSPS) is 13.7. The Morgan fingerprint density at radius 3 is 1.72 bits per heavy atom. The van der Waals surface area contributed by atoms with Crippen LogP contribution in [0.15, 0.2) is 46.2 Å². The SMILES string of the molecule is CC(C)(C)c1cc(C=C(C#N)S(=O)(=O)c2ccc(C(F)(F)F)cc2)cc(C(C)(C)C)c1O. The number of allylic oxidation sites excluding steroid dienone is 1. The van der Waals surface area contributed by atoms with Crippen molar-refractivity contribution in [3.05, 3.63) is 63.6 Å². The molecule has 1 N–H and O–H groups in total. The lowest BCUT2D eigenvalue weighted by Gasteiger charge is -2.28. The number of nitrogens with zero attached hydrogens (tertiary/aromatic N) is 1. The topological polar surface area (TPSA) is 78.2 Å². The number of phenols is 1. The van der Waals surface area contributed by atoms with Gasteiger partial charge in [0.1, 0.15) is 16.7 Å². The van der Waals surface area contributed by atoms with Crippen LogP contribution in [0.2, 0.25) is 0 Å². The molecule has 2 aromatic rings. The molecule has 0 spiro atoms. The molecule has 0 saturated heterocycles. The molecule has 0 saturated carbocycles. The van der Waals surface area contributed by atoms with Crippen LogP contribution >= 0.6 is 0 Å². The van der Waals surface area contributed by atoms with Gasteiger partial charge >= 0.3 is 6.18 Å². The molecule has 0 amide bonds. The summed E-state index contributed by atoms with van der Waals surface area (Å²) >= 11 is 0. The van der Waals surface area contributed by atoms with Crippen LogP contribution in [0.1, 0.15) is 63.8 Å². The number of aromatic hydroxyl groups is 1. The van der Waals surface area contributed by atoms with Crippen molar-refractivity contribution >= 4 is 15.9 Å². The van der Waals surface area contributed by atoms with Crippen LogP contribution in [0.3, 0.4) is 0 Å². The van der Waals surface area contributed by atoms with Crippen LogP contribution < -0.4 is 0 Å². The van der Waals surface area contributed by atoms with Crippen molar-refractivity contribution in [1.82, 2.24) is 0 Å². The lowest BCUT2D eigenvalue weighted by atomic mass is 9.78. The maximum absolute atomic E-state index is 12.9. The minimum absolute atomic E-state index is 0.103. The lowest BCUT2D eigenvalue weighted by molar-refractivity contribution is -0.137. The van der Waals surface area contributed by atoms with Crippen LogP contribution in [0.25, 0.3) is 6.08 Å². The summed E-state index contributed by atoms with van der Waals surface area (Å²) in [6.07, 6.45) is -3.42. The van der Waals surface area contributed by atoms with E-state index in [0.717, 1.165) is 12.1 Å². The Hall–Kier alpha value is -2.79. The van der Waals surface area contributed by atoms with Gasteiger partial charge in [0.15, 0.2) is 0 Å². The molecule has 0 fully saturated rings. The molecule has 2 aromatic carbocycles. The Balaban J connectivity index is 2.68. The average molecular weight is 466 g/mol. The first-order valence-corrected chi connectivity index (χ1v) is 11.3. The number of rotatable bonds is 3. The molecule has 0 bridgehead atoms. The van der Waals surface area contributed by atoms with Crippen LogP contribution in [0.5, 0.6) is 5.75 Å². The van der Waals surface area contributed by atoms with E-state index in [2.05, 4.69) is 0 Å². The summed E-state index contributed by atoms with van der Waals surface area (Å²) in [6, 6.07) is 7.88. The van der Waals surface area contributed by atoms with E-state index in [-0.39, 0.29) is 5.75 Å². The molecule has 0 atom stereocenters. The summed E-state index contributed by atoms with van der Waals surface area (Å²) in [5, 5.41) is 20.4. The molecule has 8 heteroatoms. The summed E-state index contributed by atoms with van der Waals surface area (Å²) in [4.78, 5) is -1.02. The number of hydrogen-bond acceptors (Lipinski definition) is 4. The summed E-state index contributed by atoms with van der Waals surface area (Å²) in [5.74, 6) is 0.103. The van der Waals surface area contributed by atoms with Crippen molar-refractivity contribution in [1.29, 1.82) is 5.26 Å². The summed E-state index contributed by atoms with van der Waals surface area (Å²) < 4.78 is 64.3. The number of phenolic OH excluding ortho intramolecular Hbond substituents is 1. The highest BCUT2D eigenvalue weighted by Gasteiger charge is 2.31. The summed E-state index contributed by atoms with van der Waals surface area (Å²) in [6.45, 7) is 11.4. The average Bonchev–Trinajstić information content (AvgIpc) is 2.64. The molecule has 2 rings (SSSR count). The van der Waals surface area contributed by atoms with Crippen molar-refractivity contribution < 1.29 is 26.7 Å². The van der Waals surface area contributed by atoms with E-state index in [1.54, 1.807) is 18.2 Å². The van der Waals surface area contributed by atoms with E-state index in [0.29, 0.717) is 28.8 Å². The number of alkyl halides is 3. The Morgan fingerprint density at radius 1 is 0.938 bits per heavy atom. The molecular weight excluding hydrogens is 439 g/mol. The molecule has 0 aliphatic heterocycles. The van der Waals surface area contributed by atoms with E-state index < -0.39 is 42.2 Å². The third kappa shape index (κ3) is 5.33. The van der Waals surface area contributed by atoms with E-state index in [4.69, 9.17) is 0 Å². The number of sulfone groups is 1. The summed E-state index contributed by atoms with van der Waals surface area (Å²) in [5.41, 5.74) is -0.354. The van der Waals surface area contributed by atoms with Gasteiger partial charge in [-0.2, -0.15) is 18.4 Å². The molecule has 32 heavy (non-hydrogen) atoms. The van der Waals surface area contributed by atoms with E-state index in [1.165, 1.54) is 6.08 Å². The smallest absolute Gasteiger partial charge is 0.416 e.